The van der Waals surface area contributed by atoms with E-state index in [2.05, 4.69) is 5.32 Å². The molecular formula is C8H12F3N3O4. The number of carbonyl (C=O) groups is 3. The molecular weight excluding hydrogens is 259 g/mol. The fourth-order valence-corrected chi connectivity index (χ4v) is 0.766. The predicted octanol–water partition coefficient (Wildman–Crippen LogP) is -0.563. The van der Waals surface area contributed by atoms with E-state index in [1.165, 1.54) is 12.4 Å². The number of hydrogen-bond acceptors (Lipinski definition) is 3. The van der Waals surface area contributed by atoms with Crippen LogP contribution in [0.15, 0.2) is 0 Å². The molecule has 0 aromatic rings. The van der Waals surface area contributed by atoms with Crippen molar-refractivity contribution < 1.29 is 32.7 Å². The molecule has 0 radical (unpaired) electrons. The summed E-state index contributed by atoms with van der Waals surface area (Å²) in [5, 5.41) is 13.7. The molecule has 4 N–H and O–H groups in total. The topological polar surface area (TPSA) is 108 Å². The molecule has 0 bridgehead atoms. The minimum Gasteiger partial charge on any atom is -0.479 e. The average Bonchev–Trinajstić information content (AvgIpc) is 2.23. The first-order valence-electron chi connectivity index (χ1n) is 4.61. The van der Waals surface area contributed by atoms with Gasteiger partial charge in [-0.3, -0.25) is 4.79 Å². The minimum atomic E-state index is -5.18. The van der Waals surface area contributed by atoms with E-state index in [-0.39, 0.29) is 0 Å². The van der Waals surface area contributed by atoms with Crippen LogP contribution in [0.25, 0.3) is 0 Å². The van der Waals surface area contributed by atoms with Crippen LogP contribution in [-0.2, 0) is 9.59 Å². The van der Waals surface area contributed by atoms with Gasteiger partial charge in [-0.05, 0) is 6.92 Å². The third kappa shape index (κ3) is 3.79. The van der Waals surface area contributed by atoms with Crippen molar-refractivity contribution in [2.24, 2.45) is 0 Å². The van der Waals surface area contributed by atoms with Gasteiger partial charge in [0, 0.05) is 7.05 Å². The van der Waals surface area contributed by atoms with Crippen molar-refractivity contribution in [1.82, 2.24) is 16.0 Å². The molecule has 0 spiro atoms. The maximum Gasteiger partial charge on any atom is 0.422 e. The van der Waals surface area contributed by atoms with Crippen molar-refractivity contribution >= 4 is 17.9 Å². The fourth-order valence-electron chi connectivity index (χ4n) is 0.766. The summed E-state index contributed by atoms with van der Waals surface area (Å²) in [5.41, 5.74) is -3.43. The number of carbonyl (C=O) groups excluding carboxylic acids is 2. The summed E-state index contributed by atoms with van der Waals surface area (Å²) in [4.78, 5) is 32.3. The van der Waals surface area contributed by atoms with Crippen LogP contribution in [0.1, 0.15) is 6.92 Å². The van der Waals surface area contributed by atoms with Crippen LogP contribution in [0.2, 0.25) is 0 Å². The second-order valence-electron chi connectivity index (χ2n) is 3.41. The number of rotatable bonds is 4. The lowest BCUT2D eigenvalue weighted by Crippen LogP contribution is -2.64. The van der Waals surface area contributed by atoms with Crippen molar-refractivity contribution in [2.75, 3.05) is 13.6 Å². The molecule has 0 saturated carbocycles. The molecule has 10 heteroatoms. The largest absolute Gasteiger partial charge is 0.479 e. The van der Waals surface area contributed by atoms with Crippen LogP contribution in [0.5, 0.6) is 0 Å². The number of alkyl halides is 3. The lowest BCUT2D eigenvalue weighted by atomic mass is 10.0. The molecule has 18 heavy (non-hydrogen) atoms. The van der Waals surface area contributed by atoms with E-state index < -0.39 is 36.2 Å². The third-order valence-corrected chi connectivity index (χ3v) is 2.05. The number of carboxylic acids is 1. The number of amides is 3. The molecule has 0 heterocycles. The number of nitrogens with one attached hydrogen (secondary N) is 3. The summed E-state index contributed by atoms with van der Waals surface area (Å²) in [7, 11) is 1.26. The summed E-state index contributed by atoms with van der Waals surface area (Å²) in [6.45, 7) is -0.273. The molecule has 0 aromatic heterocycles. The Labute approximate surface area is 99.7 Å². The SMILES string of the molecule is CNC(=O)CNC(=O)NC(C)(C(=O)O)C(F)(F)F. The molecule has 3 amide bonds. The van der Waals surface area contributed by atoms with Crippen molar-refractivity contribution in [3.8, 4) is 0 Å². The molecule has 7 nitrogen and oxygen atoms in total. The maximum atomic E-state index is 12.5. The molecule has 0 aromatic carbocycles. The van der Waals surface area contributed by atoms with Crippen molar-refractivity contribution in [3.05, 3.63) is 0 Å². The summed E-state index contributed by atoms with van der Waals surface area (Å²) in [5.74, 6) is -2.90. The Morgan fingerprint density at radius 1 is 1.22 bits per heavy atom. The first-order chi connectivity index (χ1) is 8.04. The maximum absolute atomic E-state index is 12.5. The van der Waals surface area contributed by atoms with Gasteiger partial charge in [0.05, 0.1) is 6.54 Å². The normalized spacial score (nSPS) is 14.3. The van der Waals surface area contributed by atoms with Gasteiger partial charge in [0.25, 0.3) is 0 Å². The van der Waals surface area contributed by atoms with Crippen LogP contribution in [0.4, 0.5) is 18.0 Å². The zero-order chi connectivity index (χ0) is 14.6. The first kappa shape index (κ1) is 16.0. The van der Waals surface area contributed by atoms with E-state index in [0.717, 1.165) is 0 Å². The van der Waals surface area contributed by atoms with E-state index >= 15 is 0 Å². The lowest BCUT2D eigenvalue weighted by molar-refractivity contribution is -0.203. The third-order valence-electron chi connectivity index (χ3n) is 2.05. The molecule has 1 unspecified atom stereocenters. The van der Waals surface area contributed by atoms with E-state index in [1.54, 1.807) is 5.32 Å². The lowest BCUT2D eigenvalue weighted by Gasteiger charge is -2.28. The average molecular weight is 271 g/mol. The quantitative estimate of drug-likeness (QED) is 0.549. The molecule has 0 saturated heterocycles. The van der Waals surface area contributed by atoms with Crippen molar-refractivity contribution in [1.29, 1.82) is 0 Å². The van der Waals surface area contributed by atoms with Crippen LogP contribution in [0, 0.1) is 0 Å². The Balaban J connectivity index is 4.68. The standard InChI is InChI=1S/C8H12F3N3O4/c1-7(5(16)17,8(9,10)11)14-6(18)13-3-4(15)12-2/h3H2,1-2H3,(H,12,15)(H,16,17)(H2,13,14,18). The number of likely N-dealkylation sites (N-methyl/N-ethyl adjacent to an activating group) is 1. The molecule has 0 aliphatic heterocycles. The highest BCUT2D eigenvalue weighted by molar-refractivity contribution is 5.88. The first-order valence-corrected chi connectivity index (χ1v) is 4.61. The summed E-state index contributed by atoms with van der Waals surface area (Å²) < 4.78 is 37.4. The van der Waals surface area contributed by atoms with Gasteiger partial charge in [0.15, 0.2) is 0 Å². The van der Waals surface area contributed by atoms with Crippen LogP contribution >= 0.6 is 0 Å². The zero-order valence-corrected chi connectivity index (χ0v) is 9.51. The smallest absolute Gasteiger partial charge is 0.422 e. The Bertz CT molecular complexity index is 358. The monoisotopic (exact) mass is 271 g/mol. The molecule has 0 aliphatic rings. The highest BCUT2D eigenvalue weighted by Crippen LogP contribution is 2.30. The van der Waals surface area contributed by atoms with Gasteiger partial charge in [-0.25, -0.2) is 9.59 Å². The highest BCUT2D eigenvalue weighted by atomic mass is 19.4. The molecule has 0 aliphatic carbocycles. The van der Waals surface area contributed by atoms with Gasteiger partial charge in [-0.15, -0.1) is 0 Å². The molecule has 0 fully saturated rings. The summed E-state index contributed by atoms with van der Waals surface area (Å²) in [6, 6.07) is -1.42. The van der Waals surface area contributed by atoms with Gasteiger partial charge in [0.2, 0.25) is 11.4 Å². The Hall–Kier alpha value is -2.00. The van der Waals surface area contributed by atoms with E-state index in [9.17, 15) is 27.6 Å². The Kier molecular flexibility index (Phi) is 4.94. The van der Waals surface area contributed by atoms with Crippen LogP contribution in [0.3, 0.4) is 0 Å². The van der Waals surface area contributed by atoms with Gasteiger partial charge in [0.1, 0.15) is 0 Å². The van der Waals surface area contributed by atoms with E-state index in [0.29, 0.717) is 6.92 Å². The van der Waals surface area contributed by atoms with Crippen molar-refractivity contribution in [3.63, 3.8) is 0 Å². The van der Waals surface area contributed by atoms with E-state index in [4.69, 9.17) is 5.11 Å². The summed E-state index contributed by atoms with van der Waals surface area (Å²) in [6.07, 6.45) is -5.18. The molecule has 1 atom stereocenters. The van der Waals surface area contributed by atoms with Crippen LogP contribution in [-0.4, -0.2) is 48.3 Å². The predicted molar refractivity (Wildman–Crippen MR) is 52.7 cm³/mol. The number of carboxylic acid groups (broad SMARTS) is 1. The van der Waals surface area contributed by atoms with Gasteiger partial charge in [-0.1, -0.05) is 0 Å². The minimum absolute atomic E-state index is 0.300. The van der Waals surface area contributed by atoms with Gasteiger partial charge in [-0.2, -0.15) is 13.2 Å². The highest BCUT2D eigenvalue weighted by Gasteiger charge is 2.58. The van der Waals surface area contributed by atoms with Gasteiger partial charge < -0.3 is 21.1 Å². The Morgan fingerprint density at radius 2 is 1.72 bits per heavy atom. The van der Waals surface area contributed by atoms with E-state index in [1.807, 2.05) is 0 Å². The number of aliphatic carboxylic acids is 1. The Morgan fingerprint density at radius 3 is 2.06 bits per heavy atom. The number of urea groups is 1. The second-order valence-corrected chi connectivity index (χ2v) is 3.41. The molecule has 104 valence electrons. The molecule has 0 rings (SSSR count). The zero-order valence-electron chi connectivity index (χ0n) is 9.51. The number of hydrogen-bond donors (Lipinski definition) is 4. The van der Waals surface area contributed by atoms with Crippen LogP contribution < -0.4 is 16.0 Å². The second kappa shape index (κ2) is 5.56. The van der Waals surface area contributed by atoms with Crippen molar-refractivity contribution in [2.45, 2.75) is 18.6 Å². The number of halogens is 3. The van der Waals surface area contributed by atoms with Gasteiger partial charge >= 0.3 is 18.2 Å². The fraction of sp³-hybridized carbons (Fsp3) is 0.625. The summed E-state index contributed by atoms with van der Waals surface area (Å²) >= 11 is 0.